The Balaban J connectivity index is 2.46. The van der Waals surface area contributed by atoms with Crippen LogP contribution in [0.3, 0.4) is 0 Å². The van der Waals surface area contributed by atoms with Crippen molar-refractivity contribution in [2.45, 2.75) is 19.8 Å². The molecule has 2 rings (SSSR count). The molecule has 1 unspecified atom stereocenters. The first-order valence-corrected chi connectivity index (χ1v) is 5.32. The first kappa shape index (κ1) is 10.5. The van der Waals surface area contributed by atoms with Crippen LogP contribution in [0.5, 0.6) is 0 Å². The zero-order valence-electron chi connectivity index (χ0n) is 9.49. The third-order valence-corrected chi connectivity index (χ3v) is 2.82. The Morgan fingerprint density at radius 1 is 1.25 bits per heavy atom. The van der Waals surface area contributed by atoms with E-state index in [0.29, 0.717) is 0 Å². The molecule has 1 N–H and O–H groups in total. The van der Waals surface area contributed by atoms with Crippen molar-refractivity contribution >= 4 is 0 Å². The van der Waals surface area contributed by atoms with Gasteiger partial charge in [-0.05, 0) is 36.6 Å². The molecule has 0 fully saturated rings. The third-order valence-electron chi connectivity index (χ3n) is 2.82. The smallest absolute Gasteiger partial charge is 0.0979 e. The first-order valence-electron chi connectivity index (χ1n) is 5.32. The molecular formula is C14H14N2. The van der Waals surface area contributed by atoms with E-state index in [-0.39, 0.29) is 5.92 Å². The number of nitrogens with zero attached hydrogens (tertiary/aromatic N) is 1. The molecule has 0 radical (unpaired) electrons. The summed E-state index contributed by atoms with van der Waals surface area (Å²) >= 11 is 0. The second-order valence-corrected chi connectivity index (χ2v) is 4.07. The maximum atomic E-state index is 9.28. The maximum absolute atomic E-state index is 9.28. The maximum Gasteiger partial charge on any atom is 0.0979 e. The van der Waals surface area contributed by atoms with Gasteiger partial charge in [0.2, 0.25) is 0 Å². The Morgan fingerprint density at radius 2 is 2.06 bits per heavy atom. The predicted octanol–water partition coefficient (Wildman–Crippen LogP) is 3.29. The summed E-state index contributed by atoms with van der Waals surface area (Å²) in [6.45, 7) is 4.12. The summed E-state index contributed by atoms with van der Waals surface area (Å²) in [6.07, 6.45) is 3.73. The van der Waals surface area contributed by atoms with Gasteiger partial charge in [0.05, 0.1) is 12.0 Å². The Kier molecular flexibility index (Phi) is 2.78. The van der Waals surface area contributed by atoms with Crippen LogP contribution < -0.4 is 0 Å². The van der Waals surface area contributed by atoms with Gasteiger partial charge in [0.15, 0.2) is 0 Å². The van der Waals surface area contributed by atoms with Crippen LogP contribution in [0.1, 0.15) is 28.2 Å². The first-order chi connectivity index (χ1) is 7.72. The largest absolute Gasteiger partial charge is 0.367 e. The average molecular weight is 210 g/mol. The molecule has 0 saturated heterocycles. The molecule has 2 aromatic rings. The molecule has 2 nitrogen and oxygen atoms in total. The van der Waals surface area contributed by atoms with Crippen LogP contribution >= 0.6 is 0 Å². The van der Waals surface area contributed by atoms with Crippen molar-refractivity contribution in [2.75, 3.05) is 0 Å². The summed E-state index contributed by atoms with van der Waals surface area (Å²) in [7, 11) is 0. The summed E-state index contributed by atoms with van der Waals surface area (Å²) < 4.78 is 0. The van der Waals surface area contributed by atoms with Crippen LogP contribution in [0, 0.1) is 25.2 Å². The fourth-order valence-electron chi connectivity index (χ4n) is 1.99. The van der Waals surface area contributed by atoms with Gasteiger partial charge in [0, 0.05) is 12.4 Å². The number of nitriles is 1. The Morgan fingerprint density at radius 3 is 2.62 bits per heavy atom. The lowest BCUT2D eigenvalue weighted by Gasteiger charge is -2.11. The molecule has 1 heterocycles. The zero-order chi connectivity index (χ0) is 11.5. The van der Waals surface area contributed by atoms with Crippen molar-refractivity contribution in [3.63, 3.8) is 0 Å². The Hall–Kier alpha value is -2.01. The van der Waals surface area contributed by atoms with Crippen LogP contribution in [0.15, 0.2) is 36.7 Å². The summed E-state index contributed by atoms with van der Waals surface area (Å²) in [5, 5.41) is 9.28. The monoisotopic (exact) mass is 210 g/mol. The van der Waals surface area contributed by atoms with Crippen LogP contribution in [0.4, 0.5) is 0 Å². The standard InChI is InChI=1S/C14H14N2/c1-10-3-4-13(11(2)7-10)14(8-15)12-5-6-16-9-12/h3-7,9,14,16H,1-2H3. The number of nitrogens with one attached hydrogen (secondary N) is 1. The fraction of sp³-hybridized carbons (Fsp3) is 0.214. The quantitative estimate of drug-likeness (QED) is 0.811. The van der Waals surface area contributed by atoms with E-state index in [1.807, 2.05) is 24.5 Å². The van der Waals surface area contributed by atoms with Gasteiger partial charge in [-0.1, -0.05) is 23.8 Å². The lowest BCUT2D eigenvalue weighted by atomic mass is 9.90. The summed E-state index contributed by atoms with van der Waals surface area (Å²) in [5.74, 6) is -0.174. The summed E-state index contributed by atoms with van der Waals surface area (Å²) in [6, 6.07) is 10.5. The predicted molar refractivity (Wildman–Crippen MR) is 64.2 cm³/mol. The highest BCUT2D eigenvalue weighted by Crippen LogP contribution is 2.26. The number of hydrogen-bond acceptors (Lipinski definition) is 1. The summed E-state index contributed by atoms with van der Waals surface area (Å²) in [5.41, 5.74) is 4.52. The molecular weight excluding hydrogens is 196 g/mol. The number of H-pyrrole nitrogens is 1. The third kappa shape index (κ3) is 1.85. The van der Waals surface area contributed by atoms with Crippen molar-refractivity contribution in [2.24, 2.45) is 0 Å². The highest BCUT2D eigenvalue weighted by molar-refractivity contribution is 5.42. The number of aryl methyl sites for hydroxylation is 2. The number of aromatic amines is 1. The number of hydrogen-bond donors (Lipinski definition) is 1. The van der Waals surface area contributed by atoms with E-state index >= 15 is 0 Å². The SMILES string of the molecule is Cc1ccc(C(C#N)c2cc[nH]c2)c(C)c1. The van der Waals surface area contributed by atoms with E-state index in [2.05, 4.69) is 37.0 Å². The normalized spacial score (nSPS) is 12.1. The van der Waals surface area contributed by atoms with Gasteiger partial charge in [0.1, 0.15) is 0 Å². The zero-order valence-corrected chi connectivity index (χ0v) is 9.49. The van der Waals surface area contributed by atoms with Gasteiger partial charge >= 0.3 is 0 Å². The van der Waals surface area contributed by atoms with Crippen molar-refractivity contribution < 1.29 is 0 Å². The lowest BCUT2D eigenvalue weighted by Crippen LogP contribution is -1.99. The molecule has 0 bridgehead atoms. The fourth-order valence-corrected chi connectivity index (χ4v) is 1.99. The Labute approximate surface area is 95.6 Å². The summed E-state index contributed by atoms with van der Waals surface area (Å²) in [4.78, 5) is 2.99. The number of benzene rings is 1. The topological polar surface area (TPSA) is 39.6 Å². The van der Waals surface area contributed by atoms with Gasteiger partial charge in [-0.2, -0.15) is 5.26 Å². The van der Waals surface area contributed by atoms with Crippen molar-refractivity contribution in [3.05, 3.63) is 58.9 Å². The molecule has 1 aromatic carbocycles. The molecule has 0 amide bonds. The second-order valence-electron chi connectivity index (χ2n) is 4.07. The highest BCUT2D eigenvalue weighted by atomic mass is 14.6. The molecule has 0 aliphatic rings. The van der Waals surface area contributed by atoms with Crippen LogP contribution in [-0.2, 0) is 0 Å². The lowest BCUT2D eigenvalue weighted by molar-refractivity contribution is 1.02. The van der Waals surface area contributed by atoms with Crippen molar-refractivity contribution in [1.29, 1.82) is 5.26 Å². The van der Waals surface area contributed by atoms with Crippen molar-refractivity contribution in [3.8, 4) is 6.07 Å². The molecule has 16 heavy (non-hydrogen) atoms. The van der Waals surface area contributed by atoms with Crippen LogP contribution in [-0.4, -0.2) is 4.98 Å². The molecule has 0 spiro atoms. The van der Waals surface area contributed by atoms with E-state index in [4.69, 9.17) is 0 Å². The Bertz CT molecular complexity index is 518. The number of aromatic nitrogens is 1. The van der Waals surface area contributed by atoms with Gasteiger partial charge < -0.3 is 4.98 Å². The molecule has 0 saturated carbocycles. The van der Waals surface area contributed by atoms with E-state index in [1.54, 1.807) is 0 Å². The minimum absolute atomic E-state index is 0.174. The molecule has 2 heteroatoms. The molecule has 80 valence electrons. The van der Waals surface area contributed by atoms with Crippen LogP contribution in [0.25, 0.3) is 0 Å². The highest BCUT2D eigenvalue weighted by Gasteiger charge is 2.15. The molecule has 0 aliphatic carbocycles. The van der Waals surface area contributed by atoms with Gasteiger partial charge in [-0.15, -0.1) is 0 Å². The second kappa shape index (κ2) is 4.24. The minimum Gasteiger partial charge on any atom is -0.367 e. The van der Waals surface area contributed by atoms with E-state index in [1.165, 1.54) is 11.1 Å². The average Bonchev–Trinajstić information content (AvgIpc) is 2.75. The van der Waals surface area contributed by atoms with E-state index in [9.17, 15) is 5.26 Å². The van der Waals surface area contributed by atoms with Gasteiger partial charge in [0.25, 0.3) is 0 Å². The van der Waals surface area contributed by atoms with E-state index < -0.39 is 0 Å². The van der Waals surface area contributed by atoms with Gasteiger partial charge in [-0.25, -0.2) is 0 Å². The van der Waals surface area contributed by atoms with Crippen LogP contribution in [0.2, 0.25) is 0 Å². The van der Waals surface area contributed by atoms with Crippen molar-refractivity contribution in [1.82, 2.24) is 4.98 Å². The molecule has 1 aromatic heterocycles. The van der Waals surface area contributed by atoms with Gasteiger partial charge in [-0.3, -0.25) is 0 Å². The molecule has 1 atom stereocenters. The van der Waals surface area contributed by atoms with E-state index in [0.717, 1.165) is 11.1 Å². The number of rotatable bonds is 2. The minimum atomic E-state index is -0.174. The molecule has 0 aliphatic heterocycles.